The predicted molar refractivity (Wildman–Crippen MR) is 69.6 cm³/mol. The van der Waals surface area contributed by atoms with Gasteiger partial charge < -0.3 is 15.5 Å². The van der Waals surface area contributed by atoms with Crippen LogP contribution in [0.1, 0.15) is 25.7 Å². The zero-order valence-electron chi connectivity index (χ0n) is 9.95. The molecule has 17 heavy (non-hydrogen) atoms. The van der Waals surface area contributed by atoms with E-state index in [1.807, 2.05) is 4.90 Å². The molecule has 2 N–H and O–H groups in total. The number of rotatable bonds is 1. The molecule has 3 fully saturated rings. The Morgan fingerprint density at radius 3 is 2.94 bits per heavy atom. The molecule has 2 bridgehead atoms. The second-order valence-electron chi connectivity index (χ2n) is 5.50. The monoisotopic (exact) mass is 253 g/mol. The van der Waals surface area contributed by atoms with Crippen molar-refractivity contribution in [3.8, 4) is 0 Å². The maximum absolute atomic E-state index is 11.3. The van der Waals surface area contributed by atoms with Gasteiger partial charge in [0, 0.05) is 19.1 Å². The lowest BCUT2D eigenvalue weighted by Gasteiger charge is -2.32. The number of amides is 1. The van der Waals surface area contributed by atoms with Crippen LogP contribution in [-0.4, -0.2) is 41.6 Å². The van der Waals surface area contributed by atoms with Gasteiger partial charge in [0.2, 0.25) is 5.91 Å². The summed E-state index contributed by atoms with van der Waals surface area (Å²) in [6, 6.07) is 0.561. The van der Waals surface area contributed by atoms with Crippen molar-refractivity contribution in [2.24, 2.45) is 11.8 Å². The van der Waals surface area contributed by atoms with Gasteiger partial charge in [0.1, 0.15) is 0 Å². The van der Waals surface area contributed by atoms with Crippen molar-refractivity contribution >= 4 is 23.2 Å². The Hall–Kier alpha value is -0.840. The van der Waals surface area contributed by atoms with Crippen LogP contribution in [-0.2, 0) is 4.79 Å². The molecule has 0 aromatic heterocycles. The zero-order chi connectivity index (χ0) is 11.8. The molecule has 1 saturated heterocycles. The summed E-state index contributed by atoms with van der Waals surface area (Å²) < 4.78 is 0. The van der Waals surface area contributed by atoms with Crippen molar-refractivity contribution < 1.29 is 4.79 Å². The molecular weight excluding hydrogens is 234 g/mol. The predicted octanol–water partition coefficient (Wildman–Crippen LogP) is 0.481. The van der Waals surface area contributed by atoms with Crippen molar-refractivity contribution in [1.82, 2.24) is 15.5 Å². The molecule has 4 nitrogen and oxygen atoms in total. The molecule has 3 atom stereocenters. The van der Waals surface area contributed by atoms with Crippen LogP contribution in [0.3, 0.4) is 0 Å². The number of piperazine rings is 1. The first kappa shape index (κ1) is 11.3. The minimum Gasteiger partial charge on any atom is -0.360 e. The first-order valence-electron chi connectivity index (χ1n) is 6.54. The average molecular weight is 253 g/mol. The highest BCUT2D eigenvalue weighted by molar-refractivity contribution is 7.80. The van der Waals surface area contributed by atoms with Gasteiger partial charge in [0.05, 0.1) is 6.54 Å². The van der Waals surface area contributed by atoms with E-state index >= 15 is 0 Å². The number of nitrogens with one attached hydrogen (secondary N) is 2. The summed E-state index contributed by atoms with van der Waals surface area (Å²) in [5.74, 6) is 1.81. The van der Waals surface area contributed by atoms with Crippen LogP contribution in [0, 0.1) is 11.8 Å². The molecule has 94 valence electrons. The van der Waals surface area contributed by atoms with Gasteiger partial charge in [-0.1, -0.05) is 6.42 Å². The molecule has 0 radical (unpaired) electrons. The Balaban J connectivity index is 1.54. The van der Waals surface area contributed by atoms with Gasteiger partial charge in [-0.2, -0.15) is 0 Å². The van der Waals surface area contributed by atoms with Crippen molar-refractivity contribution in [2.45, 2.75) is 31.7 Å². The average Bonchev–Trinajstić information content (AvgIpc) is 2.91. The van der Waals surface area contributed by atoms with Gasteiger partial charge in [-0.3, -0.25) is 4.79 Å². The van der Waals surface area contributed by atoms with E-state index in [0.717, 1.165) is 23.5 Å². The lowest BCUT2D eigenvalue weighted by molar-refractivity contribution is -0.122. The number of hydrogen-bond donors (Lipinski definition) is 2. The van der Waals surface area contributed by atoms with Gasteiger partial charge >= 0.3 is 0 Å². The Kier molecular flexibility index (Phi) is 2.94. The molecule has 3 unspecified atom stereocenters. The molecule has 2 saturated carbocycles. The van der Waals surface area contributed by atoms with Gasteiger partial charge in [-0.05, 0) is 43.3 Å². The molecule has 1 heterocycles. The Morgan fingerprint density at radius 2 is 2.29 bits per heavy atom. The second-order valence-corrected chi connectivity index (χ2v) is 5.89. The third-order valence-electron chi connectivity index (χ3n) is 4.37. The summed E-state index contributed by atoms with van der Waals surface area (Å²) in [7, 11) is 0. The Labute approximate surface area is 107 Å². The van der Waals surface area contributed by atoms with Crippen LogP contribution in [0.5, 0.6) is 0 Å². The van der Waals surface area contributed by atoms with Crippen molar-refractivity contribution in [2.75, 3.05) is 19.6 Å². The summed E-state index contributed by atoms with van der Waals surface area (Å²) in [5.41, 5.74) is 0. The molecule has 0 aromatic carbocycles. The second kappa shape index (κ2) is 4.44. The fraction of sp³-hybridized carbons (Fsp3) is 0.833. The van der Waals surface area contributed by atoms with Crippen LogP contribution in [0.2, 0.25) is 0 Å². The number of hydrogen-bond acceptors (Lipinski definition) is 2. The first-order chi connectivity index (χ1) is 8.22. The highest BCUT2D eigenvalue weighted by atomic mass is 32.1. The maximum atomic E-state index is 11.3. The third kappa shape index (κ3) is 2.25. The third-order valence-corrected chi connectivity index (χ3v) is 4.75. The summed E-state index contributed by atoms with van der Waals surface area (Å²) in [6.45, 7) is 1.95. The van der Waals surface area contributed by atoms with Crippen molar-refractivity contribution in [1.29, 1.82) is 0 Å². The lowest BCUT2D eigenvalue weighted by atomic mass is 9.95. The van der Waals surface area contributed by atoms with E-state index in [9.17, 15) is 4.79 Å². The highest BCUT2D eigenvalue weighted by Gasteiger charge is 2.40. The Morgan fingerprint density at radius 1 is 1.41 bits per heavy atom. The van der Waals surface area contributed by atoms with E-state index in [1.165, 1.54) is 25.7 Å². The topological polar surface area (TPSA) is 44.4 Å². The largest absolute Gasteiger partial charge is 0.360 e. The lowest BCUT2D eigenvalue weighted by Crippen LogP contribution is -2.55. The molecule has 3 aliphatic rings. The fourth-order valence-corrected chi connectivity index (χ4v) is 3.79. The maximum Gasteiger partial charge on any atom is 0.239 e. The molecule has 1 amide bonds. The number of carbonyl (C=O) groups excluding carboxylic acids is 1. The van der Waals surface area contributed by atoms with E-state index in [-0.39, 0.29) is 5.91 Å². The summed E-state index contributed by atoms with van der Waals surface area (Å²) >= 11 is 5.41. The van der Waals surface area contributed by atoms with E-state index in [1.54, 1.807) is 0 Å². The van der Waals surface area contributed by atoms with Crippen LogP contribution in [0.25, 0.3) is 0 Å². The normalized spacial score (nSPS) is 35.9. The minimum atomic E-state index is 0.0772. The van der Waals surface area contributed by atoms with Gasteiger partial charge in [-0.25, -0.2) is 0 Å². The molecule has 5 heteroatoms. The summed E-state index contributed by atoms with van der Waals surface area (Å²) in [5, 5.41) is 7.07. The molecule has 0 aromatic rings. The quantitative estimate of drug-likeness (QED) is 0.667. The molecule has 2 aliphatic carbocycles. The van der Waals surface area contributed by atoms with Crippen LogP contribution >= 0.6 is 12.2 Å². The van der Waals surface area contributed by atoms with Gasteiger partial charge in [0.15, 0.2) is 5.11 Å². The van der Waals surface area contributed by atoms with Gasteiger partial charge in [0.25, 0.3) is 0 Å². The summed E-state index contributed by atoms with van der Waals surface area (Å²) in [4.78, 5) is 13.3. The highest BCUT2D eigenvalue weighted by Crippen LogP contribution is 2.44. The zero-order valence-corrected chi connectivity index (χ0v) is 10.8. The van der Waals surface area contributed by atoms with Crippen LogP contribution in [0.15, 0.2) is 0 Å². The number of carbonyl (C=O) groups is 1. The molecular formula is C12H19N3OS. The molecule has 3 rings (SSSR count). The van der Waals surface area contributed by atoms with Crippen LogP contribution in [0.4, 0.5) is 0 Å². The van der Waals surface area contributed by atoms with Crippen molar-refractivity contribution in [3.63, 3.8) is 0 Å². The number of fused-ring (bicyclic) bond motifs is 2. The van der Waals surface area contributed by atoms with E-state index in [2.05, 4.69) is 10.6 Å². The minimum absolute atomic E-state index is 0.0772. The van der Waals surface area contributed by atoms with Gasteiger partial charge in [-0.15, -0.1) is 0 Å². The number of thiocarbonyl (C=S) groups is 1. The molecule has 1 aliphatic heterocycles. The van der Waals surface area contributed by atoms with E-state index in [4.69, 9.17) is 12.2 Å². The summed E-state index contributed by atoms with van der Waals surface area (Å²) in [6.07, 6.45) is 5.40. The standard InChI is InChI=1S/C12H19N3OS/c16-11-7-15(4-3-13-11)12(17)14-10-6-8-1-2-9(10)5-8/h8-10H,1-7H2,(H,13,16)(H,14,17). The number of nitrogens with zero attached hydrogens (tertiary/aromatic N) is 1. The van der Waals surface area contributed by atoms with E-state index < -0.39 is 0 Å². The smallest absolute Gasteiger partial charge is 0.239 e. The van der Waals surface area contributed by atoms with Crippen LogP contribution < -0.4 is 10.6 Å². The molecule has 0 spiro atoms. The Bertz CT molecular complexity index is 347. The first-order valence-corrected chi connectivity index (χ1v) is 6.95. The van der Waals surface area contributed by atoms with Crippen molar-refractivity contribution in [3.05, 3.63) is 0 Å². The fourth-order valence-electron chi connectivity index (χ4n) is 3.48. The van der Waals surface area contributed by atoms with E-state index in [0.29, 0.717) is 19.1 Å². The SMILES string of the molecule is O=C1CN(C(=S)NC2CC3CCC2C3)CCN1.